The number of urea groups is 1. The lowest BCUT2D eigenvalue weighted by Gasteiger charge is -2.39. The third kappa shape index (κ3) is 3.41. The first-order valence-electron chi connectivity index (χ1n) is 8.40. The van der Waals surface area contributed by atoms with Gasteiger partial charge in [-0.3, -0.25) is 0 Å². The van der Waals surface area contributed by atoms with Crippen LogP contribution in [0.15, 0.2) is 48.7 Å². The van der Waals surface area contributed by atoms with Gasteiger partial charge in [-0.05, 0) is 30.0 Å². The van der Waals surface area contributed by atoms with Crippen LogP contribution in [0.2, 0.25) is 0 Å². The average Bonchev–Trinajstić information content (AvgIpc) is 3.03. The Bertz CT molecular complexity index is 648. The number of rotatable bonds is 4. The highest BCUT2D eigenvalue weighted by Crippen LogP contribution is 2.32. The maximum absolute atomic E-state index is 12.6. The lowest BCUT2D eigenvalue weighted by atomic mass is 9.97. The van der Waals surface area contributed by atoms with Gasteiger partial charge < -0.3 is 14.8 Å². The van der Waals surface area contributed by atoms with E-state index in [1.165, 1.54) is 11.3 Å². The molecule has 2 amide bonds. The fourth-order valence-electron chi connectivity index (χ4n) is 3.40. The molecule has 0 saturated heterocycles. The second-order valence-electron chi connectivity index (χ2n) is 6.48. The Morgan fingerprint density at radius 1 is 1.17 bits per heavy atom. The van der Waals surface area contributed by atoms with Crippen LogP contribution in [-0.2, 0) is 13.0 Å². The average molecular weight is 311 g/mol. The number of hydrogen-bond acceptors (Lipinski definition) is 1. The molecule has 1 aliphatic rings. The van der Waals surface area contributed by atoms with E-state index in [0.29, 0.717) is 12.5 Å². The molecule has 2 heterocycles. The summed E-state index contributed by atoms with van der Waals surface area (Å²) in [5.74, 6) is 0.392. The van der Waals surface area contributed by atoms with Crippen LogP contribution in [0.5, 0.6) is 0 Å². The number of aromatic nitrogens is 1. The van der Waals surface area contributed by atoms with Gasteiger partial charge in [-0.25, -0.2) is 4.79 Å². The quantitative estimate of drug-likeness (QED) is 0.922. The minimum Gasteiger partial charge on any atom is -0.348 e. The Balaban J connectivity index is 1.62. The van der Waals surface area contributed by atoms with E-state index in [9.17, 15) is 4.79 Å². The Hall–Kier alpha value is -2.23. The van der Waals surface area contributed by atoms with Crippen molar-refractivity contribution in [3.8, 4) is 0 Å². The molecular weight excluding hydrogens is 286 g/mol. The fraction of sp³-hybridized carbons (Fsp3) is 0.421. The van der Waals surface area contributed by atoms with E-state index in [4.69, 9.17) is 0 Å². The molecule has 4 nitrogen and oxygen atoms in total. The zero-order valence-corrected chi connectivity index (χ0v) is 13.9. The van der Waals surface area contributed by atoms with E-state index in [0.717, 1.165) is 19.5 Å². The zero-order valence-electron chi connectivity index (χ0n) is 13.9. The number of hydrogen-bond donors (Lipinski definition) is 1. The van der Waals surface area contributed by atoms with Crippen molar-refractivity contribution >= 4 is 6.03 Å². The Kier molecular flexibility index (Phi) is 4.70. The highest BCUT2D eigenvalue weighted by atomic mass is 16.2. The van der Waals surface area contributed by atoms with Crippen LogP contribution in [0.25, 0.3) is 0 Å². The maximum atomic E-state index is 12.6. The van der Waals surface area contributed by atoms with Crippen molar-refractivity contribution in [2.24, 2.45) is 5.92 Å². The van der Waals surface area contributed by atoms with Crippen LogP contribution in [0.3, 0.4) is 0 Å². The maximum Gasteiger partial charge on any atom is 0.318 e. The largest absolute Gasteiger partial charge is 0.348 e. The summed E-state index contributed by atoms with van der Waals surface area (Å²) in [6, 6.07) is 14.7. The lowest BCUT2D eigenvalue weighted by Crippen LogP contribution is -2.48. The van der Waals surface area contributed by atoms with Crippen molar-refractivity contribution < 1.29 is 4.79 Å². The summed E-state index contributed by atoms with van der Waals surface area (Å²) in [6.07, 6.45) is 2.97. The highest BCUT2D eigenvalue weighted by Gasteiger charge is 2.32. The third-order valence-electron chi connectivity index (χ3n) is 4.51. The molecule has 0 spiro atoms. The molecule has 0 radical (unpaired) electrons. The minimum absolute atomic E-state index is 0.0482. The van der Waals surface area contributed by atoms with E-state index in [2.05, 4.69) is 54.2 Å². The molecule has 1 N–H and O–H groups in total. The molecule has 122 valence electrons. The van der Waals surface area contributed by atoms with Gasteiger partial charge >= 0.3 is 6.03 Å². The molecule has 1 aromatic carbocycles. The SMILES string of the molecule is CC(C)[C@@H]1c2cccn2CCN1C(=O)NCCc1ccccc1. The van der Waals surface area contributed by atoms with Gasteiger partial charge in [0.1, 0.15) is 0 Å². The normalized spacial score (nSPS) is 17.2. The molecule has 0 bridgehead atoms. The van der Waals surface area contributed by atoms with Crippen LogP contribution in [-0.4, -0.2) is 28.6 Å². The number of benzene rings is 1. The van der Waals surface area contributed by atoms with Gasteiger partial charge in [0.25, 0.3) is 0 Å². The number of nitrogens with one attached hydrogen (secondary N) is 1. The number of carbonyl (C=O) groups is 1. The van der Waals surface area contributed by atoms with Crippen LogP contribution < -0.4 is 5.32 Å². The molecule has 0 aliphatic carbocycles. The standard InChI is InChI=1S/C19H25N3O/c1-15(2)18-17-9-6-12-21(17)13-14-22(18)19(23)20-11-10-16-7-4-3-5-8-16/h3-9,12,15,18H,10-11,13-14H2,1-2H3,(H,20,23)/t18-/m1/s1. The van der Waals surface area contributed by atoms with Crippen molar-refractivity contribution in [1.29, 1.82) is 0 Å². The summed E-state index contributed by atoms with van der Waals surface area (Å²) in [5, 5.41) is 3.09. The van der Waals surface area contributed by atoms with E-state index in [-0.39, 0.29) is 12.1 Å². The monoisotopic (exact) mass is 311 g/mol. The van der Waals surface area contributed by atoms with Crippen molar-refractivity contribution in [2.45, 2.75) is 32.9 Å². The van der Waals surface area contributed by atoms with Gasteiger partial charge in [-0.1, -0.05) is 44.2 Å². The summed E-state index contributed by atoms with van der Waals surface area (Å²) in [7, 11) is 0. The first-order chi connectivity index (χ1) is 11.2. The van der Waals surface area contributed by atoms with Crippen molar-refractivity contribution in [2.75, 3.05) is 13.1 Å². The summed E-state index contributed by atoms with van der Waals surface area (Å²) in [6.45, 7) is 6.67. The predicted octanol–water partition coefficient (Wildman–Crippen LogP) is 3.45. The van der Waals surface area contributed by atoms with Gasteiger partial charge in [0.05, 0.1) is 6.04 Å². The minimum atomic E-state index is 0.0482. The molecular formula is C19H25N3O. The molecule has 1 aliphatic heterocycles. The number of carbonyl (C=O) groups excluding carboxylic acids is 1. The van der Waals surface area contributed by atoms with E-state index < -0.39 is 0 Å². The number of amides is 2. The summed E-state index contributed by atoms with van der Waals surface area (Å²) in [4.78, 5) is 14.6. The molecule has 1 atom stereocenters. The summed E-state index contributed by atoms with van der Waals surface area (Å²) < 4.78 is 2.26. The number of fused-ring (bicyclic) bond motifs is 1. The van der Waals surface area contributed by atoms with E-state index >= 15 is 0 Å². The fourth-order valence-corrected chi connectivity index (χ4v) is 3.40. The first kappa shape index (κ1) is 15.7. The van der Waals surface area contributed by atoms with Gasteiger partial charge in [-0.2, -0.15) is 0 Å². The Morgan fingerprint density at radius 3 is 2.70 bits per heavy atom. The van der Waals surface area contributed by atoms with Crippen LogP contribution in [0, 0.1) is 5.92 Å². The Morgan fingerprint density at radius 2 is 1.96 bits per heavy atom. The molecule has 0 saturated carbocycles. The molecule has 2 aromatic rings. The summed E-state index contributed by atoms with van der Waals surface area (Å²) in [5.41, 5.74) is 2.49. The van der Waals surface area contributed by atoms with E-state index in [1.54, 1.807) is 0 Å². The van der Waals surface area contributed by atoms with Crippen LogP contribution in [0.1, 0.15) is 31.1 Å². The van der Waals surface area contributed by atoms with Crippen molar-refractivity contribution in [1.82, 2.24) is 14.8 Å². The predicted molar refractivity (Wildman–Crippen MR) is 92.3 cm³/mol. The highest BCUT2D eigenvalue weighted by molar-refractivity contribution is 5.75. The third-order valence-corrected chi connectivity index (χ3v) is 4.51. The van der Waals surface area contributed by atoms with Gasteiger partial charge in [-0.15, -0.1) is 0 Å². The zero-order chi connectivity index (χ0) is 16.2. The summed E-state index contributed by atoms with van der Waals surface area (Å²) >= 11 is 0. The molecule has 23 heavy (non-hydrogen) atoms. The second-order valence-corrected chi connectivity index (χ2v) is 6.48. The smallest absolute Gasteiger partial charge is 0.318 e. The second kappa shape index (κ2) is 6.90. The van der Waals surface area contributed by atoms with Gasteiger partial charge in [0.2, 0.25) is 0 Å². The molecule has 0 unspecified atom stereocenters. The Labute approximate surface area is 138 Å². The first-order valence-corrected chi connectivity index (χ1v) is 8.40. The number of nitrogens with zero attached hydrogens (tertiary/aromatic N) is 2. The van der Waals surface area contributed by atoms with Crippen LogP contribution in [0.4, 0.5) is 4.79 Å². The molecule has 4 heteroatoms. The topological polar surface area (TPSA) is 37.3 Å². The molecule has 1 aromatic heterocycles. The van der Waals surface area contributed by atoms with Gasteiger partial charge in [0.15, 0.2) is 0 Å². The van der Waals surface area contributed by atoms with E-state index in [1.807, 2.05) is 23.1 Å². The van der Waals surface area contributed by atoms with Gasteiger partial charge in [0, 0.05) is 31.5 Å². The molecule has 3 rings (SSSR count). The molecule has 0 fully saturated rings. The lowest BCUT2D eigenvalue weighted by molar-refractivity contribution is 0.133. The van der Waals surface area contributed by atoms with Crippen molar-refractivity contribution in [3.05, 3.63) is 59.9 Å². The van der Waals surface area contributed by atoms with Crippen LogP contribution >= 0.6 is 0 Å². The van der Waals surface area contributed by atoms with Crippen molar-refractivity contribution in [3.63, 3.8) is 0 Å².